The first-order chi connectivity index (χ1) is 17.0. The van der Waals surface area contributed by atoms with Gasteiger partial charge in [-0.05, 0) is 66.4 Å². The molecule has 204 valence electrons. The largest absolute Gasteiger partial charge is 0.481 e. The molecule has 10 unspecified atom stereocenters. The fourth-order valence-electron chi connectivity index (χ4n) is 9.54. The predicted molar refractivity (Wildman–Crippen MR) is 135 cm³/mol. The molecular formula is C30H42O7. The maximum absolute atomic E-state index is 14.2. The number of ether oxygens (including phenoxy) is 1. The second kappa shape index (κ2) is 7.84. The van der Waals surface area contributed by atoms with E-state index in [4.69, 9.17) is 4.74 Å². The van der Waals surface area contributed by atoms with Crippen LogP contribution in [0.4, 0.5) is 0 Å². The molecule has 0 amide bonds. The summed E-state index contributed by atoms with van der Waals surface area (Å²) in [5.74, 6) is -2.39. The SMILES string of the molecule is CC(CC(=O)CC(C)C1CC(=O)C2(C)C1(C)C(=O)C=C1C3(C)CCC(O)C(C)(C)C3CC3OC132)C(=O)O. The Hall–Kier alpha value is -1.86. The average molecular weight is 515 g/mol. The van der Waals surface area contributed by atoms with Crippen molar-refractivity contribution in [1.82, 2.24) is 0 Å². The molecule has 10 atom stereocenters. The molecular weight excluding hydrogens is 472 g/mol. The van der Waals surface area contributed by atoms with Crippen molar-refractivity contribution >= 4 is 23.3 Å². The van der Waals surface area contributed by atoms with Crippen molar-refractivity contribution in [3.8, 4) is 0 Å². The number of Topliss-reactive ketones (excluding diaryl/α,β-unsaturated/α-hetero) is 2. The number of aliphatic hydroxyl groups excluding tert-OH is 1. The van der Waals surface area contributed by atoms with Crippen LogP contribution in [-0.4, -0.2) is 51.3 Å². The second-order valence-corrected chi connectivity index (χ2v) is 14.1. The zero-order valence-corrected chi connectivity index (χ0v) is 23.2. The highest BCUT2D eigenvalue weighted by Crippen LogP contribution is 2.79. The predicted octanol–water partition coefficient (Wildman–Crippen LogP) is 4.15. The van der Waals surface area contributed by atoms with Crippen LogP contribution in [0.5, 0.6) is 0 Å². The first-order valence-corrected chi connectivity index (χ1v) is 13.9. The number of hydrogen-bond acceptors (Lipinski definition) is 6. The summed E-state index contributed by atoms with van der Waals surface area (Å²) in [6, 6.07) is 0. The van der Waals surface area contributed by atoms with Gasteiger partial charge < -0.3 is 14.9 Å². The Labute approximate surface area is 219 Å². The molecule has 0 aromatic heterocycles. The number of allylic oxidation sites excluding steroid dienone is 1. The average Bonchev–Trinajstić information content (AvgIpc) is 3.49. The summed E-state index contributed by atoms with van der Waals surface area (Å²) < 4.78 is 6.59. The minimum Gasteiger partial charge on any atom is -0.481 e. The van der Waals surface area contributed by atoms with E-state index in [2.05, 4.69) is 20.8 Å². The van der Waals surface area contributed by atoms with Gasteiger partial charge in [0.25, 0.3) is 0 Å². The molecule has 1 heterocycles. The first-order valence-electron chi connectivity index (χ1n) is 13.9. The van der Waals surface area contributed by atoms with Gasteiger partial charge in [-0.1, -0.05) is 41.5 Å². The molecule has 3 saturated carbocycles. The highest BCUT2D eigenvalue weighted by atomic mass is 16.6. The third-order valence-electron chi connectivity index (χ3n) is 12.1. The molecule has 7 heteroatoms. The van der Waals surface area contributed by atoms with Crippen molar-refractivity contribution in [1.29, 1.82) is 0 Å². The molecule has 5 aliphatic rings. The van der Waals surface area contributed by atoms with Crippen LogP contribution in [0.15, 0.2) is 11.6 Å². The van der Waals surface area contributed by atoms with Crippen molar-refractivity contribution < 1.29 is 34.1 Å². The maximum atomic E-state index is 14.2. The highest BCUT2D eigenvalue weighted by molar-refractivity contribution is 6.08. The van der Waals surface area contributed by atoms with E-state index in [0.29, 0.717) is 6.42 Å². The minimum absolute atomic E-state index is 0.0248. The molecule has 1 spiro atoms. The van der Waals surface area contributed by atoms with E-state index in [0.717, 1.165) is 18.4 Å². The maximum Gasteiger partial charge on any atom is 0.306 e. The van der Waals surface area contributed by atoms with Gasteiger partial charge in [0.1, 0.15) is 17.2 Å². The monoisotopic (exact) mass is 514 g/mol. The number of hydrogen-bond donors (Lipinski definition) is 2. The summed E-state index contributed by atoms with van der Waals surface area (Å²) in [4.78, 5) is 52.1. The summed E-state index contributed by atoms with van der Waals surface area (Å²) in [5.41, 5.74) is -2.58. The molecule has 1 saturated heterocycles. The van der Waals surface area contributed by atoms with Crippen LogP contribution < -0.4 is 0 Å². The molecule has 1 aliphatic heterocycles. The lowest BCUT2D eigenvalue weighted by atomic mass is 9.40. The number of rotatable bonds is 6. The summed E-state index contributed by atoms with van der Waals surface area (Å²) in [6.45, 7) is 13.7. The van der Waals surface area contributed by atoms with E-state index in [1.54, 1.807) is 6.08 Å². The van der Waals surface area contributed by atoms with Crippen LogP contribution >= 0.6 is 0 Å². The number of epoxide rings is 1. The summed E-state index contributed by atoms with van der Waals surface area (Å²) >= 11 is 0. The van der Waals surface area contributed by atoms with Gasteiger partial charge in [-0.2, -0.15) is 0 Å². The zero-order valence-electron chi connectivity index (χ0n) is 23.2. The van der Waals surface area contributed by atoms with Crippen LogP contribution in [0.2, 0.25) is 0 Å². The van der Waals surface area contributed by atoms with Gasteiger partial charge in [0.05, 0.1) is 23.5 Å². The van der Waals surface area contributed by atoms with Gasteiger partial charge in [-0.25, -0.2) is 0 Å². The van der Waals surface area contributed by atoms with Gasteiger partial charge >= 0.3 is 5.97 Å². The van der Waals surface area contributed by atoms with E-state index < -0.39 is 34.4 Å². The number of aliphatic carboxylic acids is 1. The molecule has 37 heavy (non-hydrogen) atoms. The van der Waals surface area contributed by atoms with Gasteiger partial charge in [0, 0.05) is 24.7 Å². The summed E-state index contributed by atoms with van der Waals surface area (Å²) in [6.07, 6.45) is 3.64. The van der Waals surface area contributed by atoms with Crippen molar-refractivity contribution in [3.05, 3.63) is 11.6 Å². The molecule has 0 aromatic carbocycles. The lowest BCUT2D eigenvalue weighted by Crippen LogP contribution is -2.65. The Morgan fingerprint density at radius 2 is 1.76 bits per heavy atom. The Morgan fingerprint density at radius 3 is 2.38 bits per heavy atom. The van der Waals surface area contributed by atoms with Crippen molar-refractivity contribution in [2.24, 2.45) is 45.3 Å². The third-order valence-corrected chi connectivity index (χ3v) is 12.1. The van der Waals surface area contributed by atoms with E-state index in [1.807, 2.05) is 20.8 Å². The van der Waals surface area contributed by atoms with E-state index >= 15 is 0 Å². The second-order valence-electron chi connectivity index (χ2n) is 14.1. The van der Waals surface area contributed by atoms with Gasteiger partial charge in [-0.15, -0.1) is 0 Å². The van der Waals surface area contributed by atoms with Gasteiger partial charge in [-0.3, -0.25) is 19.2 Å². The fraction of sp³-hybridized carbons (Fsp3) is 0.800. The molecule has 4 aliphatic carbocycles. The van der Waals surface area contributed by atoms with Crippen LogP contribution in [0, 0.1) is 45.3 Å². The van der Waals surface area contributed by atoms with E-state index in [9.17, 15) is 29.4 Å². The summed E-state index contributed by atoms with van der Waals surface area (Å²) in [5, 5.41) is 20.0. The molecule has 0 bridgehead atoms. The molecule has 2 N–H and O–H groups in total. The minimum atomic E-state index is -1.03. The topological polar surface area (TPSA) is 121 Å². The number of carboxylic acid groups (broad SMARTS) is 1. The quantitative estimate of drug-likeness (QED) is 0.511. The molecule has 0 radical (unpaired) electrons. The molecule has 5 rings (SSSR count). The fourth-order valence-corrected chi connectivity index (χ4v) is 9.54. The van der Waals surface area contributed by atoms with Gasteiger partial charge in [0.2, 0.25) is 0 Å². The van der Waals surface area contributed by atoms with Crippen LogP contribution in [0.1, 0.15) is 87.0 Å². The van der Waals surface area contributed by atoms with E-state index in [1.165, 1.54) is 6.92 Å². The first kappa shape index (κ1) is 26.7. The molecule has 0 aromatic rings. The normalized spacial score (nSPS) is 47.1. The van der Waals surface area contributed by atoms with Crippen LogP contribution in [0.25, 0.3) is 0 Å². The number of aliphatic hydroxyl groups is 1. The molecule has 4 fully saturated rings. The Morgan fingerprint density at radius 1 is 1.11 bits per heavy atom. The number of fused-ring (bicyclic) bond motifs is 3. The van der Waals surface area contributed by atoms with Gasteiger partial charge in [0.15, 0.2) is 5.78 Å². The zero-order chi connectivity index (χ0) is 27.5. The Kier molecular flexibility index (Phi) is 5.67. The van der Waals surface area contributed by atoms with Crippen molar-refractivity contribution in [3.63, 3.8) is 0 Å². The van der Waals surface area contributed by atoms with Crippen molar-refractivity contribution in [2.45, 2.75) is 105 Å². The number of ketones is 3. The van der Waals surface area contributed by atoms with Crippen LogP contribution in [0.3, 0.4) is 0 Å². The lowest BCUT2D eigenvalue weighted by molar-refractivity contribution is -0.151. The number of carbonyl (C=O) groups excluding carboxylic acids is 3. The van der Waals surface area contributed by atoms with E-state index in [-0.39, 0.29) is 71.3 Å². The van der Waals surface area contributed by atoms with Crippen molar-refractivity contribution in [2.75, 3.05) is 0 Å². The molecule has 7 nitrogen and oxygen atoms in total. The summed E-state index contributed by atoms with van der Waals surface area (Å²) in [7, 11) is 0. The Bertz CT molecular complexity index is 1120. The smallest absolute Gasteiger partial charge is 0.306 e. The Balaban J connectivity index is 1.53. The third kappa shape index (κ3) is 3.07. The standard InChI is InChI=1S/C30H42O7/c1-15(10-17(31)11-16(2)25(35)36)18-12-23(34)29(7)28(18,6)22(33)13-20-27(5)9-8-21(32)26(3,4)19(27)14-24-30(20,29)37-24/h13,15-16,18-19,21,24,32H,8-12,14H2,1-7H3,(H,35,36). The highest BCUT2D eigenvalue weighted by Gasteiger charge is 2.86. The number of carboxylic acids is 1. The van der Waals surface area contributed by atoms with Crippen LogP contribution in [-0.2, 0) is 23.9 Å². The number of carbonyl (C=O) groups is 4. The lowest BCUT2D eigenvalue weighted by Gasteiger charge is -2.61.